The number of halogens is 2. The number of likely N-dealkylation sites (N-methyl/N-ethyl adjacent to an activating group) is 1. The van der Waals surface area contributed by atoms with Gasteiger partial charge in [-0.3, -0.25) is 14.5 Å². The Hall–Kier alpha value is -2.84. The quantitative estimate of drug-likeness (QED) is 0.588. The van der Waals surface area contributed by atoms with Crippen LogP contribution in [0.5, 0.6) is 0 Å². The number of hydrogen-bond donors (Lipinski definition) is 2. The molecule has 34 heavy (non-hydrogen) atoms. The molecule has 184 valence electrons. The summed E-state index contributed by atoms with van der Waals surface area (Å²) in [5, 5.41) is 2.73. The SMILES string of the molecule is CCCC1CN(C(Cc2cccc(F)c2)C(=O)NC)CCN1C(=O)C(N)Cc1ccc(F)cc1. The number of piperazine rings is 1. The molecule has 2 aromatic carbocycles. The van der Waals surface area contributed by atoms with Crippen LogP contribution in [0.15, 0.2) is 48.5 Å². The van der Waals surface area contributed by atoms with E-state index in [4.69, 9.17) is 5.73 Å². The van der Waals surface area contributed by atoms with E-state index in [0.29, 0.717) is 32.5 Å². The summed E-state index contributed by atoms with van der Waals surface area (Å²) in [7, 11) is 1.60. The van der Waals surface area contributed by atoms with Crippen LogP contribution in [0.4, 0.5) is 8.78 Å². The third-order valence-electron chi connectivity index (χ3n) is 6.41. The zero-order chi connectivity index (χ0) is 24.7. The maximum atomic E-state index is 13.7. The topological polar surface area (TPSA) is 78.7 Å². The molecule has 3 N–H and O–H groups in total. The van der Waals surface area contributed by atoms with Crippen molar-refractivity contribution in [2.45, 2.75) is 50.7 Å². The molecule has 1 heterocycles. The first-order chi connectivity index (χ1) is 16.3. The van der Waals surface area contributed by atoms with Crippen LogP contribution >= 0.6 is 0 Å². The van der Waals surface area contributed by atoms with Crippen molar-refractivity contribution in [2.75, 3.05) is 26.7 Å². The molecule has 0 aliphatic carbocycles. The molecule has 0 bridgehead atoms. The smallest absolute Gasteiger partial charge is 0.240 e. The van der Waals surface area contributed by atoms with E-state index >= 15 is 0 Å². The van der Waals surface area contributed by atoms with Gasteiger partial charge in [0.25, 0.3) is 0 Å². The average Bonchev–Trinajstić information content (AvgIpc) is 2.83. The van der Waals surface area contributed by atoms with Crippen molar-refractivity contribution < 1.29 is 18.4 Å². The van der Waals surface area contributed by atoms with Crippen LogP contribution in [-0.4, -0.2) is 66.4 Å². The largest absolute Gasteiger partial charge is 0.358 e. The van der Waals surface area contributed by atoms with Crippen molar-refractivity contribution in [1.82, 2.24) is 15.1 Å². The number of carbonyl (C=O) groups is 2. The molecule has 3 rings (SSSR count). The molecular weight excluding hydrogens is 438 g/mol. The minimum Gasteiger partial charge on any atom is -0.358 e. The second-order valence-corrected chi connectivity index (χ2v) is 8.87. The minimum absolute atomic E-state index is 0.0785. The molecule has 1 aliphatic rings. The molecule has 6 nitrogen and oxygen atoms in total. The van der Waals surface area contributed by atoms with Gasteiger partial charge in [-0.15, -0.1) is 0 Å². The van der Waals surface area contributed by atoms with Gasteiger partial charge in [-0.05, 0) is 54.7 Å². The van der Waals surface area contributed by atoms with Crippen LogP contribution in [0, 0.1) is 11.6 Å². The van der Waals surface area contributed by atoms with Gasteiger partial charge in [0.2, 0.25) is 11.8 Å². The lowest BCUT2D eigenvalue weighted by molar-refractivity contribution is -0.139. The number of rotatable bonds is 9. The lowest BCUT2D eigenvalue weighted by atomic mass is 9.98. The predicted octanol–water partition coefficient (Wildman–Crippen LogP) is 2.50. The standard InChI is InChI=1S/C26H34F2N4O2/c1-3-5-22-17-31(24(25(33)30-2)16-19-6-4-7-21(28)14-19)12-13-32(22)26(34)23(29)15-18-8-10-20(27)11-9-18/h4,6-11,14,22-24H,3,5,12-13,15-17,29H2,1-2H3,(H,30,33). The lowest BCUT2D eigenvalue weighted by Crippen LogP contribution is -2.62. The van der Waals surface area contributed by atoms with Gasteiger partial charge in [-0.25, -0.2) is 8.78 Å². The molecule has 8 heteroatoms. The minimum atomic E-state index is -0.724. The Kier molecular flexibility index (Phi) is 9.12. The van der Waals surface area contributed by atoms with E-state index in [1.807, 2.05) is 11.0 Å². The number of nitrogens with one attached hydrogen (secondary N) is 1. The first-order valence-electron chi connectivity index (χ1n) is 11.8. The molecule has 0 aromatic heterocycles. The van der Waals surface area contributed by atoms with Crippen LogP contribution in [0.3, 0.4) is 0 Å². The Labute approximate surface area is 200 Å². The molecule has 1 saturated heterocycles. The molecule has 1 aliphatic heterocycles. The van der Waals surface area contributed by atoms with E-state index < -0.39 is 12.1 Å². The summed E-state index contributed by atoms with van der Waals surface area (Å²) in [5.41, 5.74) is 7.82. The molecule has 1 fully saturated rings. The summed E-state index contributed by atoms with van der Waals surface area (Å²) < 4.78 is 26.9. The fourth-order valence-electron chi connectivity index (χ4n) is 4.65. The highest BCUT2D eigenvalue weighted by molar-refractivity contribution is 5.83. The van der Waals surface area contributed by atoms with Crippen molar-refractivity contribution in [3.63, 3.8) is 0 Å². The Bertz CT molecular complexity index is 970. The number of benzene rings is 2. The molecular formula is C26H34F2N4O2. The van der Waals surface area contributed by atoms with Crippen LogP contribution in [0.1, 0.15) is 30.9 Å². The second-order valence-electron chi connectivity index (χ2n) is 8.87. The van der Waals surface area contributed by atoms with Gasteiger partial charge < -0.3 is 16.0 Å². The number of amides is 2. The van der Waals surface area contributed by atoms with Crippen LogP contribution in [-0.2, 0) is 22.4 Å². The van der Waals surface area contributed by atoms with Crippen molar-refractivity contribution in [2.24, 2.45) is 5.73 Å². The highest BCUT2D eigenvalue weighted by atomic mass is 19.1. The average molecular weight is 473 g/mol. The van der Waals surface area contributed by atoms with Gasteiger partial charge in [0.1, 0.15) is 11.6 Å². The molecule has 2 amide bonds. The number of carbonyl (C=O) groups excluding carboxylic acids is 2. The Morgan fingerprint density at radius 3 is 2.44 bits per heavy atom. The van der Waals surface area contributed by atoms with Crippen molar-refractivity contribution in [3.8, 4) is 0 Å². The van der Waals surface area contributed by atoms with Crippen molar-refractivity contribution in [3.05, 3.63) is 71.3 Å². The van der Waals surface area contributed by atoms with Gasteiger partial charge in [0, 0.05) is 32.7 Å². The Morgan fingerprint density at radius 2 is 1.79 bits per heavy atom. The maximum Gasteiger partial charge on any atom is 0.240 e. The summed E-state index contributed by atoms with van der Waals surface area (Å²) >= 11 is 0. The summed E-state index contributed by atoms with van der Waals surface area (Å²) in [5.74, 6) is -0.925. The molecule has 0 radical (unpaired) electrons. The van der Waals surface area contributed by atoms with Crippen molar-refractivity contribution >= 4 is 11.8 Å². The fourth-order valence-corrected chi connectivity index (χ4v) is 4.65. The summed E-state index contributed by atoms with van der Waals surface area (Å²) in [6.07, 6.45) is 2.38. The molecule has 3 unspecified atom stereocenters. The molecule has 2 aromatic rings. The third-order valence-corrected chi connectivity index (χ3v) is 6.41. The van der Waals surface area contributed by atoms with E-state index in [9.17, 15) is 18.4 Å². The van der Waals surface area contributed by atoms with E-state index in [-0.39, 0.29) is 29.5 Å². The summed E-state index contributed by atoms with van der Waals surface area (Å²) in [6, 6.07) is 11.0. The van der Waals surface area contributed by atoms with Gasteiger partial charge in [0.15, 0.2) is 0 Å². The van der Waals surface area contributed by atoms with Gasteiger partial charge in [-0.1, -0.05) is 37.6 Å². The number of nitrogens with zero attached hydrogens (tertiary/aromatic N) is 2. The third kappa shape index (κ3) is 6.61. The normalized spacial score (nSPS) is 18.4. The zero-order valence-electron chi connectivity index (χ0n) is 19.8. The van der Waals surface area contributed by atoms with Crippen molar-refractivity contribution in [1.29, 1.82) is 0 Å². The summed E-state index contributed by atoms with van der Waals surface area (Å²) in [4.78, 5) is 29.9. The zero-order valence-corrected chi connectivity index (χ0v) is 19.8. The van der Waals surface area contributed by atoms with E-state index in [0.717, 1.165) is 24.0 Å². The molecule has 0 spiro atoms. The number of hydrogen-bond acceptors (Lipinski definition) is 4. The van der Waals surface area contributed by atoms with Gasteiger partial charge in [0.05, 0.1) is 12.1 Å². The van der Waals surface area contributed by atoms with E-state index in [1.165, 1.54) is 24.3 Å². The highest BCUT2D eigenvalue weighted by Crippen LogP contribution is 2.21. The lowest BCUT2D eigenvalue weighted by Gasteiger charge is -2.44. The van der Waals surface area contributed by atoms with Gasteiger partial charge >= 0.3 is 0 Å². The predicted molar refractivity (Wildman–Crippen MR) is 128 cm³/mol. The molecule has 0 saturated carbocycles. The van der Waals surface area contributed by atoms with E-state index in [1.54, 1.807) is 25.2 Å². The summed E-state index contributed by atoms with van der Waals surface area (Å²) in [6.45, 7) is 3.57. The van der Waals surface area contributed by atoms with Crippen LogP contribution in [0.25, 0.3) is 0 Å². The first kappa shape index (κ1) is 25.8. The monoisotopic (exact) mass is 472 g/mol. The van der Waals surface area contributed by atoms with E-state index in [2.05, 4.69) is 17.1 Å². The van der Waals surface area contributed by atoms with Gasteiger partial charge in [-0.2, -0.15) is 0 Å². The maximum absolute atomic E-state index is 13.7. The Balaban J connectivity index is 1.71. The first-order valence-corrected chi connectivity index (χ1v) is 11.8. The Morgan fingerprint density at radius 1 is 1.06 bits per heavy atom. The van der Waals surface area contributed by atoms with Crippen LogP contribution in [0.2, 0.25) is 0 Å². The number of nitrogens with two attached hydrogens (primary N) is 1. The second kappa shape index (κ2) is 12.0. The molecule has 3 atom stereocenters. The van der Waals surface area contributed by atoms with Crippen LogP contribution < -0.4 is 11.1 Å². The fraction of sp³-hybridized carbons (Fsp3) is 0.462. The highest BCUT2D eigenvalue weighted by Gasteiger charge is 2.36.